The molecule has 0 radical (unpaired) electrons. The average Bonchev–Trinajstić information content (AvgIpc) is 3.39. The molecule has 0 bridgehead atoms. The molecule has 0 fully saturated rings. The monoisotopic (exact) mass is 691 g/mol. The van der Waals surface area contributed by atoms with Crippen molar-refractivity contribution < 1.29 is 38.6 Å². The van der Waals surface area contributed by atoms with Gasteiger partial charge in [0.05, 0.1) is 6.61 Å². The highest BCUT2D eigenvalue weighted by molar-refractivity contribution is 6.12. The standard InChI is InChI=1S/C37H49N5O8/c1-37(2,3)50-36(49)39-22-10-9-14-30(34(38)47)42(28-18-16-27(25-43)17-19-28)35(48)29(24-26-12-6-4-7-13-26)40-31(44)15-8-5-11-23-41-32(45)20-21-33(41)46/h4,6-7,12-13,16-21,29-30,43H,5,8-11,14-15,22-25H2,1-3H3,(H2,38,47)(H,39,49)(H,40,44)/t29-,30-/m0/s1. The van der Waals surface area contributed by atoms with Gasteiger partial charge < -0.3 is 26.2 Å². The third-order valence-electron chi connectivity index (χ3n) is 7.95. The maximum atomic E-state index is 14.5. The number of aliphatic hydroxyl groups is 1. The van der Waals surface area contributed by atoms with Gasteiger partial charge in [-0.2, -0.15) is 0 Å². The second-order valence-corrected chi connectivity index (χ2v) is 13.2. The van der Waals surface area contributed by atoms with Crippen LogP contribution >= 0.6 is 0 Å². The van der Waals surface area contributed by atoms with Crippen LogP contribution in [0.25, 0.3) is 0 Å². The molecule has 0 saturated carbocycles. The molecule has 1 heterocycles. The normalized spacial score (nSPS) is 13.9. The maximum absolute atomic E-state index is 14.5. The summed E-state index contributed by atoms with van der Waals surface area (Å²) in [6.45, 7) is 5.62. The van der Waals surface area contributed by atoms with E-state index in [4.69, 9.17) is 10.5 Å². The first-order chi connectivity index (χ1) is 23.8. The van der Waals surface area contributed by atoms with E-state index in [0.717, 1.165) is 10.5 Å². The van der Waals surface area contributed by atoms with Crippen molar-refractivity contribution >= 4 is 41.3 Å². The molecule has 13 heteroatoms. The summed E-state index contributed by atoms with van der Waals surface area (Å²) in [4.78, 5) is 78.8. The number of nitrogens with zero attached hydrogens (tertiary/aromatic N) is 2. The molecule has 2 atom stereocenters. The van der Waals surface area contributed by atoms with Crippen LogP contribution in [0.4, 0.5) is 10.5 Å². The number of nitrogens with two attached hydrogens (primary N) is 1. The summed E-state index contributed by atoms with van der Waals surface area (Å²) in [7, 11) is 0. The van der Waals surface area contributed by atoms with E-state index < -0.39 is 35.6 Å². The number of rotatable bonds is 19. The van der Waals surface area contributed by atoms with Crippen LogP contribution in [-0.4, -0.2) is 76.4 Å². The Hall–Kier alpha value is -5.04. The quantitative estimate of drug-likeness (QED) is 0.128. The van der Waals surface area contributed by atoms with Crippen molar-refractivity contribution in [3.05, 3.63) is 77.9 Å². The number of anilines is 1. The molecule has 6 amide bonds. The number of unbranched alkanes of at least 4 members (excludes halogenated alkanes) is 3. The summed E-state index contributed by atoms with van der Waals surface area (Å²) in [5.74, 6) is -2.34. The predicted octanol–water partition coefficient (Wildman–Crippen LogP) is 3.27. The van der Waals surface area contributed by atoms with E-state index in [9.17, 15) is 33.9 Å². The van der Waals surface area contributed by atoms with Crippen molar-refractivity contribution in [2.75, 3.05) is 18.0 Å². The lowest BCUT2D eigenvalue weighted by molar-refractivity contribution is -0.137. The molecular formula is C37H49N5O8. The summed E-state index contributed by atoms with van der Waals surface area (Å²) in [6.07, 6.45) is 4.84. The molecule has 1 aliphatic heterocycles. The van der Waals surface area contributed by atoms with Crippen LogP contribution in [0, 0.1) is 0 Å². The van der Waals surface area contributed by atoms with E-state index in [0.29, 0.717) is 43.4 Å². The number of aliphatic hydroxyl groups excluding tert-OH is 1. The Kier molecular flexibility index (Phi) is 15.1. The molecule has 0 spiro atoms. The number of imide groups is 1. The molecule has 13 nitrogen and oxygen atoms in total. The van der Waals surface area contributed by atoms with Crippen molar-refractivity contribution in [1.82, 2.24) is 15.5 Å². The number of alkyl carbamates (subject to hydrolysis) is 1. The largest absolute Gasteiger partial charge is 0.444 e. The summed E-state index contributed by atoms with van der Waals surface area (Å²) >= 11 is 0. The van der Waals surface area contributed by atoms with Crippen LogP contribution in [0.3, 0.4) is 0 Å². The first-order valence-corrected chi connectivity index (χ1v) is 16.9. The number of benzene rings is 2. The van der Waals surface area contributed by atoms with Gasteiger partial charge in [0.2, 0.25) is 11.8 Å². The second-order valence-electron chi connectivity index (χ2n) is 13.2. The Bertz CT molecular complexity index is 1490. The van der Waals surface area contributed by atoms with Crippen molar-refractivity contribution in [1.29, 1.82) is 0 Å². The SMILES string of the molecule is CC(C)(C)OC(=O)NCCCC[C@@H](C(N)=O)N(C(=O)[C@H](Cc1ccccc1)NC(=O)CCCCCN1C(=O)C=CC1=O)c1ccc(CO)cc1. The highest BCUT2D eigenvalue weighted by Crippen LogP contribution is 2.24. The summed E-state index contributed by atoms with van der Waals surface area (Å²) in [5, 5.41) is 15.2. The molecule has 270 valence electrons. The van der Waals surface area contributed by atoms with Crippen molar-refractivity contribution in [3.63, 3.8) is 0 Å². The van der Waals surface area contributed by atoms with Gasteiger partial charge in [-0.15, -0.1) is 0 Å². The second kappa shape index (κ2) is 19.2. The van der Waals surface area contributed by atoms with Gasteiger partial charge in [0.15, 0.2) is 0 Å². The molecule has 5 N–H and O–H groups in total. The van der Waals surface area contributed by atoms with Crippen molar-refractivity contribution in [2.45, 2.75) is 96.4 Å². The molecule has 0 saturated heterocycles. The Morgan fingerprint density at radius 2 is 1.54 bits per heavy atom. The molecule has 2 aromatic carbocycles. The Labute approximate surface area is 293 Å². The fourth-order valence-electron chi connectivity index (χ4n) is 5.46. The van der Waals surface area contributed by atoms with Crippen LogP contribution in [-0.2, 0) is 41.7 Å². The Morgan fingerprint density at radius 3 is 2.14 bits per heavy atom. The molecule has 2 aromatic rings. The van der Waals surface area contributed by atoms with Gasteiger partial charge in [-0.05, 0) is 76.1 Å². The van der Waals surface area contributed by atoms with Gasteiger partial charge in [0, 0.05) is 43.8 Å². The maximum Gasteiger partial charge on any atom is 0.407 e. The van der Waals surface area contributed by atoms with E-state index >= 15 is 0 Å². The zero-order chi connectivity index (χ0) is 36.7. The zero-order valence-electron chi connectivity index (χ0n) is 29.1. The van der Waals surface area contributed by atoms with Gasteiger partial charge in [-0.3, -0.25) is 33.8 Å². The number of amides is 6. The van der Waals surface area contributed by atoms with Crippen LogP contribution in [0.5, 0.6) is 0 Å². The number of nitrogens with one attached hydrogen (secondary N) is 2. The molecule has 50 heavy (non-hydrogen) atoms. The van der Waals surface area contributed by atoms with Crippen LogP contribution in [0.15, 0.2) is 66.7 Å². The molecule has 0 unspecified atom stereocenters. The summed E-state index contributed by atoms with van der Waals surface area (Å²) in [5.41, 5.74) is 7.03. The average molecular weight is 692 g/mol. The van der Waals surface area contributed by atoms with Gasteiger partial charge in [0.25, 0.3) is 17.7 Å². The fraction of sp³-hybridized carbons (Fsp3) is 0.459. The van der Waals surface area contributed by atoms with Crippen molar-refractivity contribution in [3.8, 4) is 0 Å². The highest BCUT2D eigenvalue weighted by atomic mass is 16.6. The topological polar surface area (TPSA) is 188 Å². The third-order valence-corrected chi connectivity index (χ3v) is 7.95. The smallest absolute Gasteiger partial charge is 0.407 e. The third kappa shape index (κ3) is 12.8. The number of hydrogen-bond acceptors (Lipinski definition) is 8. The van der Waals surface area contributed by atoms with E-state index in [1.54, 1.807) is 45.0 Å². The van der Waals surface area contributed by atoms with Crippen LogP contribution in [0.2, 0.25) is 0 Å². The lowest BCUT2D eigenvalue weighted by Gasteiger charge is -2.33. The molecule has 1 aliphatic rings. The van der Waals surface area contributed by atoms with E-state index in [2.05, 4.69) is 10.6 Å². The molecular weight excluding hydrogens is 642 g/mol. The Morgan fingerprint density at radius 1 is 0.880 bits per heavy atom. The predicted molar refractivity (Wildman–Crippen MR) is 187 cm³/mol. The summed E-state index contributed by atoms with van der Waals surface area (Å²) < 4.78 is 5.26. The number of ether oxygens (including phenoxy) is 1. The van der Waals surface area contributed by atoms with E-state index in [-0.39, 0.29) is 56.7 Å². The minimum atomic E-state index is -1.08. The van der Waals surface area contributed by atoms with Gasteiger partial charge in [0.1, 0.15) is 17.7 Å². The number of carbonyl (C=O) groups excluding carboxylic acids is 6. The number of hydrogen-bond donors (Lipinski definition) is 4. The van der Waals surface area contributed by atoms with E-state index in [1.165, 1.54) is 17.1 Å². The van der Waals surface area contributed by atoms with Crippen LogP contribution in [0.1, 0.15) is 76.8 Å². The van der Waals surface area contributed by atoms with Gasteiger partial charge >= 0.3 is 6.09 Å². The minimum Gasteiger partial charge on any atom is -0.444 e. The molecule has 3 rings (SSSR count). The van der Waals surface area contributed by atoms with Gasteiger partial charge in [-0.1, -0.05) is 48.9 Å². The summed E-state index contributed by atoms with van der Waals surface area (Å²) in [6, 6.07) is 13.6. The Balaban J connectivity index is 1.75. The lowest BCUT2D eigenvalue weighted by Crippen LogP contribution is -2.56. The fourth-order valence-corrected chi connectivity index (χ4v) is 5.46. The van der Waals surface area contributed by atoms with Gasteiger partial charge in [-0.25, -0.2) is 4.79 Å². The number of carbonyl (C=O) groups is 6. The zero-order valence-corrected chi connectivity index (χ0v) is 29.1. The molecule has 0 aliphatic carbocycles. The first kappa shape index (κ1) is 39.4. The lowest BCUT2D eigenvalue weighted by atomic mass is 10.00. The highest BCUT2D eigenvalue weighted by Gasteiger charge is 2.35. The molecule has 0 aromatic heterocycles. The minimum absolute atomic E-state index is 0.105. The number of primary amides is 1. The van der Waals surface area contributed by atoms with Crippen molar-refractivity contribution in [2.24, 2.45) is 5.73 Å². The van der Waals surface area contributed by atoms with E-state index in [1.807, 2.05) is 30.3 Å². The van der Waals surface area contributed by atoms with Crippen LogP contribution < -0.4 is 21.3 Å². The first-order valence-electron chi connectivity index (χ1n) is 16.9.